The van der Waals surface area contributed by atoms with Crippen LogP contribution < -0.4 is 14.8 Å². The van der Waals surface area contributed by atoms with Crippen LogP contribution in [0.4, 0.5) is 14.5 Å². The minimum Gasteiger partial charge on any atom is -0.495 e. The quantitative estimate of drug-likeness (QED) is 0.709. The first-order valence-electron chi connectivity index (χ1n) is 8.94. The zero-order chi connectivity index (χ0) is 21.7. The molecular formula is C19H20F2N2O6S. The van der Waals surface area contributed by atoms with Gasteiger partial charge in [0.25, 0.3) is 5.91 Å². The van der Waals surface area contributed by atoms with Gasteiger partial charge >= 0.3 is 6.61 Å². The predicted octanol–water partition coefficient (Wildman–Crippen LogP) is 2.57. The molecular weight excluding hydrogens is 422 g/mol. The van der Waals surface area contributed by atoms with Crippen molar-refractivity contribution in [2.45, 2.75) is 11.5 Å². The Morgan fingerprint density at radius 2 is 1.83 bits per heavy atom. The smallest absolute Gasteiger partial charge is 0.387 e. The molecule has 0 spiro atoms. The van der Waals surface area contributed by atoms with Crippen LogP contribution >= 0.6 is 0 Å². The van der Waals surface area contributed by atoms with Crippen LogP contribution in [0, 0.1) is 0 Å². The van der Waals surface area contributed by atoms with Gasteiger partial charge in [-0.25, -0.2) is 8.42 Å². The number of morpholine rings is 1. The summed E-state index contributed by atoms with van der Waals surface area (Å²) >= 11 is 0. The van der Waals surface area contributed by atoms with Crippen molar-refractivity contribution in [3.05, 3.63) is 48.0 Å². The summed E-state index contributed by atoms with van der Waals surface area (Å²) in [6.45, 7) is -2.17. The molecule has 1 fully saturated rings. The lowest BCUT2D eigenvalue weighted by Gasteiger charge is -2.26. The van der Waals surface area contributed by atoms with Crippen molar-refractivity contribution in [1.29, 1.82) is 0 Å². The number of nitrogens with one attached hydrogen (secondary N) is 1. The number of ether oxygens (including phenoxy) is 3. The van der Waals surface area contributed by atoms with Crippen LogP contribution in [-0.4, -0.2) is 58.7 Å². The number of amides is 1. The standard InChI is InChI=1S/C19H20F2N2O6S/c1-27-16-7-6-13(12-17(16)30(25,26)23-8-10-28-11-9-23)18(24)22-14-4-2-3-5-15(14)29-19(20)21/h2-7,12,19H,8-11H2,1H3,(H,22,24). The Labute approximate surface area is 172 Å². The predicted molar refractivity (Wildman–Crippen MR) is 104 cm³/mol. The lowest BCUT2D eigenvalue weighted by Crippen LogP contribution is -2.40. The van der Waals surface area contributed by atoms with E-state index in [9.17, 15) is 22.0 Å². The summed E-state index contributed by atoms with van der Waals surface area (Å²) in [6.07, 6.45) is 0. The third kappa shape index (κ3) is 4.86. The molecule has 0 radical (unpaired) electrons. The molecule has 0 aliphatic carbocycles. The highest BCUT2D eigenvalue weighted by atomic mass is 32.2. The van der Waals surface area contributed by atoms with Crippen molar-refractivity contribution in [3.63, 3.8) is 0 Å². The highest BCUT2D eigenvalue weighted by Gasteiger charge is 2.30. The highest BCUT2D eigenvalue weighted by Crippen LogP contribution is 2.30. The van der Waals surface area contributed by atoms with Crippen LogP contribution in [-0.2, 0) is 14.8 Å². The van der Waals surface area contributed by atoms with Crippen LogP contribution in [0.5, 0.6) is 11.5 Å². The Kier molecular flexibility index (Phi) is 6.85. The second-order valence-electron chi connectivity index (χ2n) is 6.21. The van der Waals surface area contributed by atoms with Gasteiger partial charge in [0, 0.05) is 18.7 Å². The SMILES string of the molecule is COc1ccc(C(=O)Nc2ccccc2OC(F)F)cc1S(=O)(=O)N1CCOCC1. The minimum absolute atomic E-state index is 0.00878. The highest BCUT2D eigenvalue weighted by molar-refractivity contribution is 7.89. The van der Waals surface area contributed by atoms with E-state index in [-0.39, 0.29) is 53.9 Å². The molecule has 30 heavy (non-hydrogen) atoms. The van der Waals surface area contributed by atoms with Crippen molar-refractivity contribution in [2.75, 3.05) is 38.7 Å². The third-order valence-electron chi connectivity index (χ3n) is 4.37. The number of hydrogen-bond donors (Lipinski definition) is 1. The summed E-state index contributed by atoms with van der Waals surface area (Å²) in [4.78, 5) is 12.5. The normalized spacial score (nSPS) is 15.1. The summed E-state index contributed by atoms with van der Waals surface area (Å²) in [7, 11) is -2.61. The van der Waals surface area contributed by atoms with Gasteiger partial charge in [0.15, 0.2) is 0 Å². The molecule has 1 saturated heterocycles. The Morgan fingerprint density at radius 1 is 1.13 bits per heavy atom. The van der Waals surface area contributed by atoms with Gasteiger partial charge in [0.2, 0.25) is 10.0 Å². The second-order valence-corrected chi connectivity index (χ2v) is 8.12. The summed E-state index contributed by atoms with van der Waals surface area (Å²) in [5.41, 5.74) is 0.0330. The minimum atomic E-state index is -3.93. The lowest BCUT2D eigenvalue weighted by molar-refractivity contribution is -0.0493. The number of halogens is 2. The van der Waals surface area contributed by atoms with E-state index in [1.54, 1.807) is 0 Å². The molecule has 1 amide bonds. The molecule has 0 aromatic heterocycles. The van der Waals surface area contributed by atoms with Gasteiger partial charge in [-0.2, -0.15) is 13.1 Å². The zero-order valence-electron chi connectivity index (χ0n) is 16.0. The average molecular weight is 442 g/mol. The molecule has 0 atom stereocenters. The molecule has 0 saturated carbocycles. The summed E-state index contributed by atoms with van der Waals surface area (Å²) < 4.78 is 67.2. The fraction of sp³-hybridized carbons (Fsp3) is 0.316. The van der Waals surface area contributed by atoms with Crippen LogP contribution in [0.3, 0.4) is 0 Å². The van der Waals surface area contributed by atoms with Crippen LogP contribution in [0.15, 0.2) is 47.4 Å². The van der Waals surface area contributed by atoms with Gasteiger partial charge in [0.05, 0.1) is 26.0 Å². The van der Waals surface area contributed by atoms with Gasteiger partial charge in [-0.05, 0) is 30.3 Å². The van der Waals surface area contributed by atoms with Crippen molar-refractivity contribution >= 4 is 21.6 Å². The third-order valence-corrected chi connectivity index (χ3v) is 6.28. The molecule has 8 nitrogen and oxygen atoms in total. The number of carbonyl (C=O) groups excluding carboxylic acids is 1. The first-order valence-corrected chi connectivity index (χ1v) is 10.4. The van der Waals surface area contributed by atoms with E-state index in [0.717, 1.165) is 0 Å². The number of rotatable bonds is 7. The Hall–Kier alpha value is -2.76. The zero-order valence-corrected chi connectivity index (χ0v) is 16.8. The number of alkyl halides is 2. The largest absolute Gasteiger partial charge is 0.495 e. The number of carbonyl (C=O) groups is 1. The van der Waals surface area contributed by atoms with Crippen molar-refractivity contribution in [2.24, 2.45) is 0 Å². The van der Waals surface area contributed by atoms with Crippen LogP contribution in [0.25, 0.3) is 0 Å². The molecule has 2 aromatic carbocycles. The molecule has 0 unspecified atom stereocenters. The molecule has 11 heteroatoms. The first-order chi connectivity index (χ1) is 14.3. The maximum Gasteiger partial charge on any atom is 0.387 e. The molecule has 1 aliphatic heterocycles. The number of sulfonamides is 1. The van der Waals surface area contributed by atoms with Crippen molar-refractivity contribution in [1.82, 2.24) is 4.31 Å². The number of hydrogen-bond acceptors (Lipinski definition) is 6. The van der Waals surface area contributed by atoms with Gasteiger partial charge in [-0.15, -0.1) is 0 Å². The fourth-order valence-electron chi connectivity index (χ4n) is 2.91. The number of anilines is 1. The summed E-state index contributed by atoms with van der Waals surface area (Å²) in [6, 6.07) is 9.63. The van der Waals surface area contributed by atoms with Gasteiger partial charge in [-0.3, -0.25) is 4.79 Å². The van der Waals surface area contributed by atoms with Crippen molar-refractivity contribution in [3.8, 4) is 11.5 Å². The van der Waals surface area contributed by atoms with E-state index >= 15 is 0 Å². The summed E-state index contributed by atoms with van der Waals surface area (Å²) in [5, 5.41) is 2.46. The monoisotopic (exact) mass is 442 g/mol. The number of para-hydroxylation sites is 2. The number of benzene rings is 2. The maximum absolute atomic E-state index is 13.0. The maximum atomic E-state index is 13.0. The molecule has 1 heterocycles. The summed E-state index contributed by atoms with van der Waals surface area (Å²) in [5.74, 6) is -0.823. The first kappa shape index (κ1) is 21.9. The van der Waals surface area contributed by atoms with E-state index in [0.29, 0.717) is 0 Å². The number of methoxy groups -OCH3 is 1. The Bertz CT molecular complexity index is 1010. The Balaban J connectivity index is 1.91. The number of nitrogens with zero attached hydrogens (tertiary/aromatic N) is 1. The Morgan fingerprint density at radius 3 is 2.50 bits per heavy atom. The van der Waals surface area contributed by atoms with Gasteiger partial charge in [-0.1, -0.05) is 12.1 Å². The van der Waals surface area contributed by atoms with E-state index in [4.69, 9.17) is 9.47 Å². The van der Waals surface area contributed by atoms with Gasteiger partial charge < -0.3 is 19.5 Å². The molecule has 0 bridgehead atoms. The molecule has 2 aromatic rings. The fourth-order valence-corrected chi connectivity index (χ4v) is 4.50. The van der Waals surface area contributed by atoms with Crippen LogP contribution in [0.1, 0.15) is 10.4 Å². The topological polar surface area (TPSA) is 94.2 Å². The van der Waals surface area contributed by atoms with E-state index in [1.807, 2.05) is 0 Å². The van der Waals surface area contributed by atoms with Gasteiger partial charge in [0.1, 0.15) is 16.4 Å². The van der Waals surface area contributed by atoms with Crippen molar-refractivity contribution < 1.29 is 36.2 Å². The lowest BCUT2D eigenvalue weighted by atomic mass is 10.2. The molecule has 162 valence electrons. The second kappa shape index (κ2) is 9.37. The molecule has 3 rings (SSSR count). The molecule has 1 N–H and O–H groups in total. The van der Waals surface area contributed by atoms with E-state index in [2.05, 4.69) is 10.1 Å². The average Bonchev–Trinajstić information content (AvgIpc) is 2.75. The van der Waals surface area contributed by atoms with E-state index < -0.39 is 22.5 Å². The molecule has 1 aliphatic rings. The van der Waals surface area contributed by atoms with Crippen LogP contribution in [0.2, 0.25) is 0 Å². The van der Waals surface area contributed by atoms with E-state index in [1.165, 1.54) is 53.9 Å².